The number of rotatable bonds is 6. The highest BCUT2D eigenvalue weighted by Gasteiger charge is 2.36. The Kier molecular flexibility index (Phi) is 6.09. The molecule has 0 spiro atoms. The quantitative estimate of drug-likeness (QED) is 0.577. The molecule has 0 bridgehead atoms. The Morgan fingerprint density at radius 1 is 1.14 bits per heavy atom. The Labute approximate surface area is 158 Å². The molecule has 1 atom stereocenters. The lowest BCUT2D eigenvalue weighted by Crippen LogP contribution is -2.19. The topological polar surface area (TPSA) is 101 Å². The Morgan fingerprint density at radius 3 is 2.25 bits per heavy atom. The molecule has 1 amide bonds. The molecule has 0 aliphatic heterocycles. The Balaban J connectivity index is 2.62. The first kappa shape index (κ1) is 21.4. The molecule has 0 heterocycles. The van der Waals surface area contributed by atoms with Crippen LogP contribution in [0.1, 0.15) is 34.8 Å². The Morgan fingerprint density at radius 2 is 1.75 bits per heavy atom. The maximum absolute atomic E-state index is 13.2. The minimum atomic E-state index is -4.88. The normalized spacial score (nSPS) is 13.0. The molecule has 5 nitrogen and oxygen atoms in total. The summed E-state index contributed by atoms with van der Waals surface area (Å²) >= 11 is 0. The SMILES string of the molecule is N#Cc1ccc(C(CCC(N)=O)S(=O)(=O)c2ccc(F)cc2)cc1C(F)(F)F. The lowest BCUT2D eigenvalue weighted by Gasteiger charge is -2.20. The number of sulfone groups is 1. The molecule has 1 unspecified atom stereocenters. The molecule has 0 radical (unpaired) electrons. The fourth-order valence-corrected chi connectivity index (χ4v) is 4.43. The van der Waals surface area contributed by atoms with Gasteiger partial charge in [0.2, 0.25) is 5.91 Å². The van der Waals surface area contributed by atoms with Crippen LogP contribution in [0.15, 0.2) is 47.4 Å². The van der Waals surface area contributed by atoms with Gasteiger partial charge in [-0.2, -0.15) is 18.4 Å². The number of hydrogen-bond donors (Lipinski definition) is 1. The van der Waals surface area contributed by atoms with Gasteiger partial charge in [-0.15, -0.1) is 0 Å². The van der Waals surface area contributed by atoms with Crippen molar-refractivity contribution in [2.45, 2.75) is 29.2 Å². The van der Waals surface area contributed by atoms with Gasteiger partial charge < -0.3 is 5.73 Å². The van der Waals surface area contributed by atoms with Gasteiger partial charge in [0.25, 0.3) is 0 Å². The second-order valence-electron chi connectivity index (χ2n) is 5.91. The highest BCUT2D eigenvalue weighted by atomic mass is 32.2. The fourth-order valence-electron chi connectivity index (χ4n) is 2.66. The van der Waals surface area contributed by atoms with Crippen molar-refractivity contribution in [3.63, 3.8) is 0 Å². The molecule has 0 aromatic heterocycles. The lowest BCUT2D eigenvalue weighted by atomic mass is 10.0. The van der Waals surface area contributed by atoms with Crippen LogP contribution in [0.4, 0.5) is 17.6 Å². The van der Waals surface area contributed by atoms with Crippen molar-refractivity contribution in [1.82, 2.24) is 0 Å². The van der Waals surface area contributed by atoms with E-state index in [1.165, 1.54) is 6.07 Å². The summed E-state index contributed by atoms with van der Waals surface area (Å²) in [5.41, 5.74) is 2.86. The monoisotopic (exact) mass is 414 g/mol. The van der Waals surface area contributed by atoms with Crippen LogP contribution in [0.25, 0.3) is 0 Å². The van der Waals surface area contributed by atoms with E-state index in [1.54, 1.807) is 0 Å². The predicted octanol–water partition coefficient (Wildman–Crippen LogP) is 3.50. The zero-order valence-electron chi connectivity index (χ0n) is 14.2. The van der Waals surface area contributed by atoms with Crippen molar-refractivity contribution in [2.75, 3.05) is 0 Å². The summed E-state index contributed by atoms with van der Waals surface area (Å²) in [4.78, 5) is 10.8. The number of nitrogens with zero attached hydrogens (tertiary/aromatic N) is 1. The molecule has 0 fully saturated rings. The minimum absolute atomic E-state index is 0.253. The summed E-state index contributed by atoms with van der Waals surface area (Å²) in [6, 6.07) is 7.71. The number of carbonyl (C=O) groups excluding carboxylic acids is 1. The first-order valence-electron chi connectivity index (χ1n) is 7.86. The van der Waals surface area contributed by atoms with Gasteiger partial charge in [0.1, 0.15) is 5.82 Å². The molecular formula is C18H14F4N2O3S. The number of nitrogens with two attached hydrogens (primary N) is 1. The number of nitriles is 1. The molecule has 0 saturated carbocycles. The average molecular weight is 414 g/mol. The van der Waals surface area contributed by atoms with E-state index in [-0.39, 0.29) is 16.9 Å². The van der Waals surface area contributed by atoms with Crippen molar-refractivity contribution in [2.24, 2.45) is 5.73 Å². The molecule has 2 aromatic carbocycles. The van der Waals surface area contributed by atoms with E-state index in [1.807, 2.05) is 0 Å². The smallest absolute Gasteiger partial charge is 0.370 e. The van der Waals surface area contributed by atoms with Crippen molar-refractivity contribution in [3.8, 4) is 6.07 Å². The third kappa shape index (κ3) is 4.67. The zero-order valence-corrected chi connectivity index (χ0v) is 15.0. The molecule has 2 N–H and O–H groups in total. The van der Waals surface area contributed by atoms with Crippen LogP contribution in [0.2, 0.25) is 0 Å². The average Bonchev–Trinajstić information content (AvgIpc) is 2.61. The third-order valence-corrected chi connectivity index (χ3v) is 6.20. The van der Waals surface area contributed by atoms with Gasteiger partial charge in [-0.1, -0.05) is 6.07 Å². The standard InChI is InChI=1S/C18H14F4N2O3S/c19-13-3-5-14(6-4-13)28(26,27)16(7-8-17(24)25)11-1-2-12(10-23)15(9-11)18(20,21)22/h1-6,9,16H,7-8H2,(H2,24,25). The van der Waals surface area contributed by atoms with E-state index < -0.39 is 50.5 Å². The summed E-state index contributed by atoms with van der Waals surface area (Å²) in [7, 11) is -4.27. The molecule has 148 valence electrons. The molecule has 0 aliphatic rings. The first-order chi connectivity index (χ1) is 13.0. The Bertz CT molecular complexity index is 1030. The summed E-state index contributed by atoms with van der Waals surface area (Å²) in [6.45, 7) is 0. The van der Waals surface area contributed by atoms with Crippen molar-refractivity contribution in [3.05, 3.63) is 65.0 Å². The van der Waals surface area contributed by atoms with Gasteiger partial charge in [0.05, 0.1) is 27.3 Å². The number of benzene rings is 2. The third-order valence-electron chi connectivity index (χ3n) is 4.01. The van der Waals surface area contributed by atoms with Crippen LogP contribution in [-0.4, -0.2) is 14.3 Å². The van der Waals surface area contributed by atoms with Gasteiger partial charge >= 0.3 is 6.18 Å². The van der Waals surface area contributed by atoms with E-state index in [0.717, 1.165) is 36.4 Å². The maximum Gasteiger partial charge on any atom is 0.417 e. The van der Waals surface area contributed by atoms with Crippen LogP contribution < -0.4 is 5.73 Å². The first-order valence-corrected chi connectivity index (χ1v) is 9.40. The lowest BCUT2D eigenvalue weighted by molar-refractivity contribution is -0.137. The highest BCUT2D eigenvalue weighted by Crippen LogP contribution is 2.38. The van der Waals surface area contributed by atoms with Gasteiger partial charge in [0, 0.05) is 6.42 Å². The van der Waals surface area contributed by atoms with E-state index >= 15 is 0 Å². The molecule has 0 saturated heterocycles. The molecule has 28 heavy (non-hydrogen) atoms. The van der Waals surface area contributed by atoms with Crippen molar-refractivity contribution >= 4 is 15.7 Å². The summed E-state index contributed by atoms with van der Waals surface area (Å²) in [6.07, 6.45) is -5.65. The molecular weight excluding hydrogens is 400 g/mol. The second-order valence-corrected chi connectivity index (χ2v) is 8.04. The number of halogens is 4. The van der Waals surface area contributed by atoms with Crippen LogP contribution in [0, 0.1) is 17.1 Å². The van der Waals surface area contributed by atoms with E-state index in [2.05, 4.69) is 0 Å². The van der Waals surface area contributed by atoms with Crippen LogP contribution in [-0.2, 0) is 20.8 Å². The number of primary amides is 1. The van der Waals surface area contributed by atoms with Crippen LogP contribution >= 0.6 is 0 Å². The number of amides is 1. The van der Waals surface area contributed by atoms with Gasteiger partial charge in [-0.05, 0) is 48.4 Å². The number of hydrogen-bond acceptors (Lipinski definition) is 4. The van der Waals surface area contributed by atoms with E-state index in [0.29, 0.717) is 6.07 Å². The van der Waals surface area contributed by atoms with E-state index in [4.69, 9.17) is 11.0 Å². The summed E-state index contributed by atoms with van der Waals surface area (Å²) < 4.78 is 78.7. The molecule has 0 aliphatic carbocycles. The second kappa shape index (κ2) is 7.98. The van der Waals surface area contributed by atoms with Gasteiger partial charge in [-0.3, -0.25) is 4.79 Å². The maximum atomic E-state index is 13.2. The highest BCUT2D eigenvalue weighted by molar-refractivity contribution is 7.91. The van der Waals surface area contributed by atoms with Crippen molar-refractivity contribution < 1.29 is 30.8 Å². The van der Waals surface area contributed by atoms with Crippen LogP contribution in [0.3, 0.4) is 0 Å². The van der Waals surface area contributed by atoms with E-state index in [9.17, 15) is 30.8 Å². The van der Waals surface area contributed by atoms with Gasteiger partial charge in [0.15, 0.2) is 9.84 Å². The largest absolute Gasteiger partial charge is 0.417 e. The number of carbonyl (C=O) groups is 1. The molecule has 10 heteroatoms. The zero-order chi connectivity index (χ0) is 21.1. The summed E-state index contributed by atoms with van der Waals surface area (Å²) in [5, 5.41) is 7.34. The predicted molar refractivity (Wildman–Crippen MR) is 90.9 cm³/mol. The summed E-state index contributed by atoms with van der Waals surface area (Å²) in [5.74, 6) is -1.52. The fraction of sp³-hybridized carbons (Fsp3) is 0.222. The van der Waals surface area contributed by atoms with Gasteiger partial charge in [-0.25, -0.2) is 12.8 Å². The minimum Gasteiger partial charge on any atom is -0.370 e. The Hall–Kier alpha value is -2.93. The van der Waals surface area contributed by atoms with Crippen LogP contribution in [0.5, 0.6) is 0 Å². The molecule has 2 aromatic rings. The van der Waals surface area contributed by atoms with Crippen molar-refractivity contribution in [1.29, 1.82) is 5.26 Å². The molecule has 2 rings (SSSR count). The number of alkyl halides is 3.